The van der Waals surface area contributed by atoms with E-state index in [0.717, 1.165) is 16.8 Å². The number of hydrogen-bond acceptors (Lipinski definition) is 5. The van der Waals surface area contributed by atoms with E-state index in [-0.39, 0.29) is 40.2 Å². The number of aryl methyl sites for hydroxylation is 3. The molecule has 0 spiro atoms. The van der Waals surface area contributed by atoms with Crippen molar-refractivity contribution in [3.8, 4) is 11.3 Å². The molecule has 7 nitrogen and oxygen atoms in total. The van der Waals surface area contributed by atoms with Crippen molar-refractivity contribution in [3.05, 3.63) is 69.7 Å². The number of piperazine rings is 1. The van der Waals surface area contributed by atoms with Crippen molar-refractivity contribution in [1.29, 1.82) is 0 Å². The minimum absolute atomic E-state index is 0.0474. The summed E-state index contributed by atoms with van der Waals surface area (Å²) in [4.78, 5) is 29.6. The zero-order chi connectivity index (χ0) is 24.4. The first-order valence-electron chi connectivity index (χ1n) is 11.0. The number of halogens is 2. The molecule has 1 fully saturated rings. The number of nitrogens with one attached hydrogen (secondary N) is 1. The third kappa shape index (κ3) is 4.83. The highest BCUT2D eigenvalue weighted by molar-refractivity contribution is 6.33. The zero-order valence-corrected chi connectivity index (χ0v) is 20.1. The van der Waals surface area contributed by atoms with Gasteiger partial charge < -0.3 is 14.7 Å². The van der Waals surface area contributed by atoms with Crippen LogP contribution in [-0.2, 0) is 4.79 Å². The average Bonchev–Trinajstić information content (AvgIpc) is 3.17. The number of carbonyl (C=O) groups is 2. The number of rotatable bonds is 5. The summed E-state index contributed by atoms with van der Waals surface area (Å²) in [6.07, 6.45) is 0. The number of aromatic nitrogens is 1. The highest BCUT2D eigenvalue weighted by atomic mass is 35.5. The van der Waals surface area contributed by atoms with Gasteiger partial charge in [-0.2, -0.15) is 0 Å². The molecule has 2 amide bonds. The Hall–Kier alpha value is -3.23. The Morgan fingerprint density at radius 1 is 1.06 bits per heavy atom. The van der Waals surface area contributed by atoms with Crippen molar-refractivity contribution in [2.24, 2.45) is 0 Å². The molecule has 3 aromatic rings. The van der Waals surface area contributed by atoms with Gasteiger partial charge in [-0.1, -0.05) is 41.0 Å². The van der Waals surface area contributed by atoms with E-state index in [1.165, 1.54) is 12.1 Å². The molecule has 1 aromatic heterocycles. The molecule has 2 heterocycles. The normalized spacial score (nSPS) is 14.3. The molecule has 4 rings (SSSR count). The molecule has 1 aliphatic rings. The predicted octanol–water partition coefficient (Wildman–Crippen LogP) is 4.46. The number of hydrogen-bond donors (Lipinski definition) is 1. The van der Waals surface area contributed by atoms with Crippen LogP contribution in [0.3, 0.4) is 0 Å². The maximum absolute atomic E-state index is 14.5. The molecule has 9 heteroatoms. The Morgan fingerprint density at radius 3 is 2.35 bits per heavy atom. The van der Waals surface area contributed by atoms with E-state index in [2.05, 4.69) is 10.5 Å². The van der Waals surface area contributed by atoms with Gasteiger partial charge in [0.15, 0.2) is 0 Å². The average molecular weight is 485 g/mol. The van der Waals surface area contributed by atoms with E-state index >= 15 is 0 Å². The van der Waals surface area contributed by atoms with Crippen LogP contribution in [0.15, 0.2) is 40.9 Å². The minimum atomic E-state index is -0.574. The first-order valence-corrected chi connectivity index (χ1v) is 11.4. The van der Waals surface area contributed by atoms with Crippen LogP contribution in [0, 0.1) is 26.6 Å². The molecule has 1 aliphatic heterocycles. The molecule has 0 unspecified atom stereocenters. The van der Waals surface area contributed by atoms with Crippen LogP contribution >= 0.6 is 11.6 Å². The van der Waals surface area contributed by atoms with Gasteiger partial charge in [0.1, 0.15) is 22.8 Å². The van der Waals surface area contributed by atoms with Gasteiger partial charge in [0, 0.05) is 31.9 Å². The van der Waals surface area contributed by atoms with Gasteiger partial charge in [0.2, 0.25) is 5.91 Å². The summed E-state index contributed by atoms with van der Waals surface area (Å²) >= 11 is 6.19. The van der Waals surface area contributed by atoms with E-state index in [1.54, 1.807) is 17.9 Å². The molecular formula is C25H26ClFN4O3. The minimum Gasteiger partial charge on any atom is -0.360 e. The van der Waals surface area contributed by atoms with Crippen LogP contribution in [0.25, 0.3) is 11.3 Å². The SMILES string of the molecule is Cc1cccc(C)c1NC(=O)CN1CCN(C(=O)c2c(-c3c(F)cccc3Cl)noc2C)CC1. The highest BCUT2D eigenvalue weighted by Gasteiger charge is 2.30. The topological polar surface area (TPSA) is 78.7 Å². The van der Waals surface area contributed by atoms with Gasteiger partial charge in [-0.25, -0.2) is 4.39 Å². The molecule has 0 radical (unpaired) electrons. The van der Waals surface area contributed by atoms with E-state index in [4.69, 9.17) is 16.1 Å². The summed E-state index contributed by atoms with van der Waals surface area (Å²) in [6, 6.07) is 10.2. The summed E-state index contributed by atoms with van der Waals surface area (Å²) in [7, 11) is 0. The highest BCUT2D eigenvalue weighted by Crippen LogP contribution is 2.34. The van der Waals surface area contributed by atoms with Gasteiger partial charge in [0.05, 0.1) is 17.1 Å². The maximum atomic E-state index is 14.5. The van der Waals surface area contributed by atoms with Crippen molar-refractivity contribution in [1.82, 2.24) is 15.0 Å². The lowest BCUT2D eigenvalue weighted by Gasteiger charge is -2.34. The van der Waals surface area contributed by atoms with Gasteiger partial charge in [0.25, 0.3) is 5.91 Å². The van der Waals surface area contributed by atoms with Crippen molar-refractivity contribution >= 4 is 29.1 Å². The second-order valence-corrected chi connectivity index (χ2v) is 8.85. The van der Waals surface area contributed by atoms with Crippen molar-refractivity contribution in [2.45, 2.75) is 20.8 Å². The fourth-order valence-electron chi connectivity index (χ4n) is 4.18. The molecule has 1 saturated heterocycles. The smallest absolute Gasteiger partial charge is 0.259 e. The first kappa shape index (κ1) is 23.9. The Morgan fingerprint density at radius 2 is 1.71 bits per heavy atom. The number of carbonyl (C=O) groups excluding carboxylic acids is 2. The fraction of sp³-hybridized carbons (Fsp3) is 0.320. The molecule has 34 heavy (non-hydrogen) atoms. The van der Waals surface area contributed by atoms with Gasteiger partial charge in [-0.15, -0.1) is 0 Å². The molecular weight excluding hydrogens is 459 g/mol. The Labute approximate surface area is 202 Å². The van der Waals surface area contributed by atoms with E-state index in [9.17, 15) is 14.0 Å². The Bertz CT molecular complexity index is 1190. The summed E-state index contributed by atoms with van der Waals surface area (Å²) in [5.74, 6) is -0.666. The standard InChI is InChI=1S/C25H26ClFN4O3/c1-15-6-4-7-16(2)23(15)28-20(32)14-30-10-12-31(13-11-30)25(33)21-17(3)34-29-24(21)22-18(26)8-5-9-19(22)27/h4-9H,10-14H2,1-3H3,(H,28,32). The van der Waals surface area contributed by atoms with Crippen LogP contribution in [0.5, 0.6) is 0 Å². The monoisotopic (exact) mass is 484 g/mol. The van der Waals surface area contributed by atoms with Gasteiger partial charge >= 0.3 is 0 Å². The van der Waals surface area contributed by atoms with Crippen LogP contribution in [0.1, 0.15) is 27.2 Å². The maximum Gasteiger partial charge on any atom is 0.259 e. The second kappa shape index (κ2) is 9.95. The first-order chi connectivity index (χ1) is 16.3. The number of nitrogens with zero attached hydrogens (tertiary/aromatic N) is 3. The summed E-state index contributed by atoms with van der Waals surface area (Å²) in [5, 5.41) is 7.07. The number of amides is 2. The lowest BCUT2D eigenvalue weighted by molar-refractivity contribution is -0.117. The van der Waals surface area contributed by atoms with Gasteiger partial charge in [-0.05, 0) is 44.0 Å². The van der Waals surface area contributed by atoms with Crippen LogP contribution < -0.4 is 5.32 Å². The van der Waals surface area contributed by atoms with E-state index < -0.39 is 5.82 Å². The van der Waals surface area contributed by atoms with Crippen molar-refractivity contribution < 1.29 is 18.5 Å². The molecule has 1 N–H and O–H groups in total. The molecule has 178 valence electrons. The van der Waals surface area contributed by atoms with Crippen molar-refractivity contribution in [3.63, 3.8) is 0 Å². The van der Waals surface area contributed by atoms with E-state index in [0.29, 0.717) is 31.9 Å². The van der Waals surface area contributed by atoms with Crippen molar-refractivity contribution in [2.75, 3.05) is 38.0 Å². The molecule has 0 saturated carbocycles. The number of benzene rings is 2. The molecule has 0 atom stereocenters. The third-order valence-electron chi connectivity index (χ3n) is 6.05. The Balaban J connectivity index is 1.41. The van der Waals surface area contributed by atoms with Crippen LogP contribution in [0.2, 0.25) is 5.02 Å². The largest absolute Gasteiger partial charge is 0.360 e. The third-order valence-corrected chi connectivity index (χ3v) is 6.36. The predicted molar refractivity (Wildman–Crippen MR) is 129 cm³/mol. The lowest BCUT2D eigenvalue weighted by Crippen LogP contribution is -2.50. The van der Waals surface area contributed by atoms with E-state index in [1.807, 2.05) is 36.9 Å². The summed E-state index contributed by atoms with van der Waals surface area (Å²) in [6.45, 7) is 7.68. The van der Waals surface area contributed by atoms with Crippen LogP contribution in [-0.4, -0.2) is 59.5 Å². The molecule has 2 aromatic carbocycles. The van der Waals surface area contributed by atoms with Crippen LogP contribution in [0.4, 0.5) is 10.1 Å². The Kier molecular flexibility index (Phi) is 7.00. The summed E-state index contributed by atoms with van der Waals surface area (Å²) in [5.41, 5.74) is 3.21. The zero-order valence-electron chi connectivity index (χ0n) is 19.3. The number of anilines is 1. The molecule has 0 aliphatic carbocycles. The quantitative estimate of drug-likeness (QED) is 0.578. The van der Waals surface area contributed by atoms with Gasteiger partial charge in [-0.3, -0.25) is 14.5 Å². The fourth-order valence-corrected chi connectivity index (χ4v) is 4.43. The molecule has 0 bridgehead atoms. The lowest BCUT2D eigenvalue weighted by atomic mass is 10.0. The number of para-hydroxylation sites is 1. The second-order valence-electron chi connectivity index (χ2n) is 8.44. The summed E-state index contributed by atoms with van der Waals surface area (Å²) < 4.78 is 19.7.